The zero-order valence-electron chi connectivity index (χ0n) is 20.2. The van der Waals surface area contributed by atoms with Gasteiger partial charge >= 0.3 is 0 Å². The van der Waals surface area contributed by atoms with Crippen LogP contribution in [-0.2, 0) is 16.8 Å². The molecule has 0 unspecified atom stereocenters. The zero-order chi connectivity index (χ0) is 24.7. The van der Waals surface area contributed by atoms with Crippen LogP contribution in [0.2, 0.25) is 0 Å². The second-order valence-electron chi connectivity index (χ2n) is 8.59. The molecule has 0 saturated heterocycles. The Kier molecular flexibility index (Phi) is 8.33. The average molecular weight is 482 g/mol. The smallest absolute Gasteiger partial charge is 0.250 e. The molecule has 3 aromatic rings. The number of phenols is 1. The maximum atomic E-state index is 12.3. The SMILES string of the molecule is CCOc1cccc(/C=N\NC(=O)CSc2nnc(-c3ccc(C(C)(C)C)cc3)n2CC)c1O. The summed E-state index contributed by atoms with van der Waals surface area (Å²) in [5, 5.41) is 23.4. The lowest BCUT2D eigenvalue weighted by molar-refractivity contribution is -0.118. The molecule has 3 rings (SSSR count). The van der Waals surface area contributed by atoms with Crippen molar-refractivity contribution in [1.82, 2.24) is 20.2 Å². The molecule has 0 saturated carbocycles. The number of carbonyl (C=O) groups is 1. The van der Waals surface area contributed by atoms with E-state index < -0.39 is 0 Å². The highest BCUT2D eigenvalue weighted by atomic mass is 32.2. The molecule has 9 heteroatoms. The van der Waals surface area contributed by atoms with Gasteiger partial charge in [0.05, 0.1) is 18.6 Å². The van der Waals surface area contributed by atoms with E-state index in [9.17, 15) is 9.90 Å². The van der Waals surface area contributed by atoms with Crippen molar-refractivity contribution < 1.29 is 14.6 Å². The van der Waals surface area contributed by atoms with Crippen molar-refractivity contribution in [3.63, 3.8) is 0 Å². The number of ether oxygens (including phenoxy) is 1. The Morgan fingerprint density at radius 2 is 1.91 bits per heavy atom. The van der Waals surface area contributed by atoms with E-state index in [0.717, 1.165) is 11.4 Å². The summed E-state index contributed by atoms with van der Waals surface area (Å²) in [5.41, 5.74) is 5.25. The normalized spacial score (nSPS) is 11.7. The lowest BCUT2D eigenvalue weighted by Gasteiger charge is -2.19. The fourth-order valence-corrected chi connectivity index (χ4v) is 4.06. The molecule has 0 atom stereocenters. The van der Waals surface area contributed by atoms with Crippen LogP contribution in [0.5, 0.6) is 11.5 Å². The van der Waals surface area contributed by atoms with Crippen molar-refractivity contribution in [2.24, 2.45) is 5.10 Å². The van der Waals surface area contributed by atoms with Crippen LogP contribution in [0.25, 0.3) is 11.4 Å². The van der Waals surface area contributed by atoms with Crippen molar-refractivity contribution in [1.29, 1.82) is 0 Å². The molecule has 34 heavy (non-hydrogen) atoms. The molecule has 0 aliphatic rings. The summed E-state index contributed by atoms with van der Waals surface area (Å²) in [5.74, 6) is 0.965. The van der Waals surface area contributed by atoms with Crippen molar-refractivity contribution in [2.75, 3.05) is 12.4 Å². The van der Waals surface area contributed by atoms with E-state index in [4.69, 9.17) is 4.74 Å². The summed E-state index contributed by atoms with van der Waals surface area (Å²) in [4.78, 5) is 12.3. The Balaban J connectivity index is 1.62. The molecular weight excluding hydrogens is 450 g/mol. The number of hydrazone groups is 1. The van der Waals surface area contributed by atoms with Crippen LogP contribution < -0.4 is 10.2 Å². The van der Waals surface area contributed by atoms with Gasteiger partial charge in [0.2, 0.25) is 0 Å². The average Bonchev–Trinajstić information content (AvgIpc) is 3.22. The number of phenolic OH excluding ortho intramolecular Hbond substituents is 1. The van der Waals surface area contributed by atoms with Crippen molar-refractivity contribution in [2.45, 2.75) is 51.7 Å². The van der Waals surface area contributed by atoms with Crippen LogP contribution >= 0.6 is 11.8 Å². The predicted octanol–water partition coefficient (Wildman–Crippen LogP) is 4.61. The molecular formula is C25H31N5O3S. The molecule has 0 aliphatic carbocycles. The monoisotopic (exact) mass is 481 g/mol. The summed E-state index contributed by atoms with van der Waals surface area (Å²) in [6, 6.07) is 13.4. The minimum Gasteiger partial charge on any atom is -0.504 e. The fraction of sp³-hybridized carbons (Fsp3) is 0.360. The quantitative estimate of drug-likeness (QED) is 0.263. The molecule has 0 bridgehead atoms. The van der Waals surface area contributed by atoms with Crippen molar-refractivity contribution >= 4 is 23.9 Å². The molecule has 1 aromatic heterocycles. The third-order valence-electron chi connectivity index (χ3n) is 5.10. The molecule has 0 spiro atoms. The van der Waals surface area contributed by atoms with Gasteiger partial charge in [-0.15, -0.1) is 10.2 Å². The van der Waals surface area contributed by atoms with Crippen LogP contribution in [0.4, 0.5) is 0 Å². The van der Waals surface area contributed by atoms with Gasteiger partial charge in [-0.25, -0.2) is 5.43 Å². The number of hydrogen-bond donors (Lipinski definition) is 2. The summed E-state index contributed by atoms with van der Waals surface area (Å²) >= 11 is 1.30. The fourth-order valence-electron chi connectivity index (χ4n) is 3.27. The number of nitrogens with zero attached hydrogens (tertiary/aromatic N) is 4. The number of amides is 1. The van der Waals surface area contributed by atoms with Crippen LogP contribution in [0.1, 0.15) is 45.7 Å². The molecule has 180 valence electrons. The lowest BCUT2D eigenvalue weighted by atomic mass is 9.87. The maximum absolute atomic E-state index is 12.3. The molecule has 2 aromatic carbocycles. The van der Waals surface area contributed by atoms with E-state index in [1.54, 1.807) is 18.2 Å². The highest BCUT2D eigenvalue weighted by Crippen LogP contribution is 2.29. The minimum absolute atomic E-state index is 0.0177. The largest absolute Gasteiger partial charge is 0.504 e. The Hall–Kier alpha value is -3.33. The van der Waals surface area contributed by atoms with E-state index in [1.165, 1.54) is 23.5 Å². The molecule has 1 amide bonds. The number of para-hydroxylation sites is 1. The van der Waals surface area contributed by atoms with Gasteiger partial charge in [-0.2, -0.15) is 5.10 Å². The van der Waals surface area contributed by atoms with Gasteiger partial charge in [-0.05, 0) is 37.0 Å². The first-order chi connectivity index (χ1) is 16.2. The number of nitrogens with one attached hydrogen (secondary N) is 1. The number of aromatic nitrogens is 3. The Labute approximate surface area is 204 Å². The second-order valence-corrected chi connectivity index (χ2v) is 9.53. The van der Waals surface area contributed by atoms with Gasteiger partial charge in [-0.3, -0.25) is 4.79 Å². The maximum Gasteiger partial charge on any atom is 0.250 e. The summed E-state index contributed by atoms with van der Waals surface area (Å²) in [7, 11) is 0. The van der Waals surface area contributed by atoms with E-state index in [2.05, 4.69) is 65.8 Å². The lowest BCUT2D eigenvalue weighted by Crippen LogP contribution is -2.20. The first-order valence-electron chi connectivity index (χ1n) is 11.2. The van der Waals surface area contributed by atoms with Crippen LogP contribution in [0.3, 0.4) is 0 Å². The Bertz CT molecular complexity index is 1150. The summed E-state index contributed by atoms with van der Waals surface area (Å²) in [6.45, 7) is 11.5. The van der Waals surface area contributed by atoms with E-state index in [1.807, 2.05) is 18.4 Å². The minimum atomic E-state index is -0.288. The molecule has 0 fully saturated rings. The third-order valence-corrected chi connectivity index (χ3v) is 6.06. The Morgan fingerprint density at radius 1 is 1.18 bits per heavy atom. The molecule has 8 nitrogen and oxygen atoms in total. The van der Waals surface area contributed by atoms with E-state index in [-0.39, 0.29) is 22.8 Å². The summed E-state index contributed by atoms with van der Waals surface area (Å²) < 4.78 is 7.34. The molecule has 1 heterocycles. The number of thioether (sulfide) groups is 1. The van der Waals surface area contributed by atoms with Crippen LogP contribution in [-0.4, -0.2) is 44.4 Å². The van der Waals surface area contributed by atoms with Crippen molar-refractivity contribution in [3.05, 3.63) is 53.6 Å². The molecule has 0 radical (unpaired) electrons. The molecule has 0 aliphatic heterocycles. The number of aromatic hydroxyl groups is 1. The molecule has 2 N–H and O–H groups in total. The number of hydrogen-bond acceptors (Lipinski definition) is 7. The van der Waals surface area contributed by atoms with E-state index in [0.29, 0.717) is 29.6 Å². The van der Waals surface area contributed by atoms with Gasteiger partial charge in [-0.1, -0.05) is 62.9 Å². The van der Waals surface area contributed by atoms with Gasteiger partial charge in [0.15, 0.2) is 22.5 Å². The standard InChI is InChI=1S/C25H31N5O3S/c1-6-30-23(17-11-13-19(14-12-17)25(3,4)5)28-29-24(30)34-16-21(31)27-26-15-18-9-8-10-20(22(18)32)33-7-2/h8-15,32H,6-7,16H2,1-5H3,(H,27,31)/b26-15-. The first-order valence-corrected chi connectivity index (χ1v) is 12.2. The van der Waals surface area contributed by atoms with Gasteiger partial charge in [0.25, 0.3) is 5.91 Å². The van der Waals surface area contributed by atoms with Crippen molar-refractivity contribution in [3.8, 4) is 22.9 Å². The zero-order valence-corrected chi connectivity index (χ0v) is 21.0. The van der Waals surface area contributed by atoms with Crippen LogP contribution in [0, 0.1) is 0 Å². The van der Waals surface area contributed by atoms with Gasteiger partial charge < -0.3 is 14.4 Å². The highest BCUT2D eigenvalue weighted by molar-refractivity contribution is 7.99. The second kappa shape index (κ2) is 11.2. The first kappa shape index (κ1) is 25.3. The van der Waals surface area contributed by atoms with Gasteiger partial charge in [0, 0.05) is 17.7 Å². The number of rotatable bonds is 9. The third kappa shape index (κ3) is 6.17. The van der Waals surface area contributed by atoms with Gasteiger partial charge in [0.1, 0.15) is 0 Å². The highest BCUT2D eigenvalue weighted by Gasteiger charge is 2.17. The number of benzene rings is 2. The Morgan fingerprint density at radius 3 is 2.56 bits per heavy atom. The predicted molar refractivity (Wildman–Crippen MR) is 136 cm³/mol. The van der Waals surface area contributed by atoms with Crippen LogP contribution in [0.15, 0.2) is 52.7 Å². The topological polar surface area (TPSA) is 102 Å². The summed E-state index contributed by atoms with van der Waals surface area (Å²) in [6.07, 6.45) is 1.38. The van der Waals surface area contributed by atoms with E-state index >= 15 is 0 Å². The number of carbonyl (C=O) groups excluding carboxylic acids is 1.